The minimum Gasteiger partial charge on any atom is -0.493 e. The number of aliphatic hydroxyl groups is 1. The Hall–Kier alpha value is -3.16. The molecule has 1 saturated heterocycles. The fourth-order valence-electron chi connectivity index (χ4n) is 4.12. The fraction of sp³-hybridized carbons (Fsp3) is 0.360. The Bertz CT molecular complexity index is 1020. The van der Waals surface area contributed by atoms with Gasteiger partial charge in [0.05, 0.1) is 18.7 Å². The first kappa shape index (κ1) is 23.5. The van der Waals surface area contributed by atoms with Crippen LogP contribution in [0.1, 0.15) is 11.1 Å². The van der Waals surface area contributed by atoms with Crippen LogP contribution >= 0.6 is 0 Å². The molecule has 2 N–H and O–H groups in total. The van der Waals surface area contributed by atoms with Crippen molar-refractivity contribution >= 4 is 17.4 Å². The molecule has 0 bridgehead atoms. The predicted molar refractivity (Wildman–Crippen MR) is 123 cm³/mol. The zero-order chi connectivity index (χ0) is 22.9. The van der Waals surface area contributed by atoms with Crippen molar-refractivity contribution in [3.63, 3.8) is 0 Å². The van der Waals surface area contributed by atoms with Gasteiger partial charge in [-0.2, -0.15) is 0 Å². The number of aliphatic hydroxyl groups excluding tert-OH is 1. The second-order valence-corrected chi connectivity index (χ2v) is 7.89. The van der Waals surface area contributed by atoms with Gasteiger partial charge in [0, 0.05) is 37.1 Å². The van der Waals surface area contributed by atoms with Crippen molar-refractivity contribution in [3.8, 4) is 11.5 Å². The number of aryl methyl sites for hydroxylation is 1. The van der Waals surface area contributed by atoms with E-state index in [1.807, 2.05) is 49.5 Å². The minimum atomic E-state index is -0.323. The standard InChI is InChI=1S/C24H28N2O3.CH2O2/c1-17-7-8-23(24(13-17)28-2)29-12-11-26-15-19(22(27)16-26)14-18-9-10-25-21-6-4-3-5-20(18)21;2-1-3/h3-10,13,19,22,27H,11-12,14-16H2,1-2H3;1H,(H,2,3)/t19-,22+;/m1./s1. The maximum absolute atomic E-state index is 10.6. The van der Waals surface area contributed by atoms with E-state index in [1.165, 1.54) is 10.9 Å². The van der Waals surface area contributed by atoms with Gasteiger partial charge in [-0.05, 0) is 48.7 Å². The first-order valence-electron chi connectivity index (χ1n) is 10.6. The Labute approximate surface area is 188 Å². The molecule has 1 aliphatic rings. The lowest BCUT2D eigenvalue weighted by molar-refractivity contribution is -0.122. The maximum atomic E-state index is 10.6. The van der Waals surface area contributed by atoms with E-state index in [0.29, 0.717) is 13.2 Å². The van der Waals surface area contributed by atoms with Crippen LogP contribution in [0.2, 0.25) is 0 Å². The van der Waals surface area contributed by atoms with E-state index in [2.05, 4.69) is 22.0 Å². The van der Waals surface area contributed by atoms with Crippen LogP contribution in [-0.2, 0) is 11.2 Å². The molecule has 3 aromatic rings. The van der Waals surface area contributed by atoms with Gasteiger partial charge in [0.2, 0.25) is 0 Å². The van der Waals surface area contributed by atoms with Crippen LogP contribution in [0.15, 0.2) is 54.7 Å². The van der Waals surface area contributed by atoms with Gasteiger partial charge in [0.15, 0.2) is 11.5 Å². The molecule has 170 valence electrons. The quantitative estimate of drug-likeness (QED) is 0.548. The number of benzene rings is 2. The summed E-state index contributed by atoms with van der Waals surface area (Å²) in [5, 5.41) is 18.7. The Balaban J connectivity index is 0.000000913. The van der Waals surface area contributed by atoms with Gasteiger partial charge in [0.25, 0.3) is 6.47 Å². The Morgan fingerprint density at radius 3 is 2.72 bits per heavy atom. The van der Waals surface area contributed by atoms with E-state index in [0.717, 1.165) is 42.1 Å². The zero-order valence-electron chi connectivity index (χ0n) is 18.5. The first-order chi connectivity index (χ1) is 15.5. The molecule has 2 atom stereocenters. The number of likely N-dealkylation sites (tertiary alicyclic amines) is 1. The molecule has 0 saturated carbocycles. The number of carboxylic acid groups (broad SMARTS) is 1. The third kappa shape index (κ3) is 5.96. The van der Waals surface area contributed by atoms with Gasteiger partial charge in [-0.15, -0.1) is 0 Å². The number of β-amino-alcohol motifs (C(OH)–C–C–N with tert-alkyl or cyclic N) is 1. The highest BCUT2D eigenvalue weighted by Gasteiger charge is 2.31. The van der Waals surface area contributed by atoms with E-state index in [4.69, 9.17) is 19.4 Å². The van der Waals surface area contributed by atoms with Crippen LogP contribution in [0.4, 0.5) is 0 Å². The molecule has 1 fully saturated rings. The topological polar surface area (TPSA) is 92.1 Å². The summed E-state index contributed by atoms with van der Waals surface area (Å²) in [6.45, 7) is 4.68. The van der Waals surface area contributed by atoms with Crippen molar-refractivity contribution in [1.29, 1.82) is 0 Å². The van der Waals surface area contributed by atoms with Gasteiger partial charge < -0.3 is 19.7 Å². The first-order valence-corrected chi connectivity index (χ1v) is 10.6. The molecular formula is C25H30N2O5. The molecule has 2 aromatic carbocycles. The van der Waals surface area contributed by atoms with Crippen molar-refractivity contribution in [3.05, 3.63) is 65.9 Å². The van der Waals surface area contributed by atoms with Crippen molar-refractivity contribution in [2.75, 3.05) is 33.4 Å². The van der Waals surface area contributed by atoms with Crippen LogP contribution in [0.3, 0.4) is 0 Å². The number of carbonyl (C=O) groups is 1. The molecule has 32 heavy (non-hydrogen) atoms. The smallest absolute Gasteiger partial charge is 0.290 e. The van der Waals surface area contributed by atoms with Crippen LogP contribution in [0.25, 0.3) is 10.9 Å². The highest BCUT2D eigenvalue weighted by atomic mass is 16.5. The molecule has 0 unspecified atom stereocenters. The van der Waals surface area contributed by atoms with Gasteiger partial charge >= 0.3 is 0 Å². The molecule has 0 spiro atoms. The molecule has 4 rings (SSSR count). The fourth-order valence-corrected chi connectivity index (χ4v) is 4.12. The highest BCUT2D eigenvalue weighted by molar-refractivity contribution is 5.81. The third-order valence-corrected chi connectivity index (χ3v) is 5.69. The normalized spacial score (nSPS) is 18.1. The number of rotatable bonds is 7. The van der Waals surface area contributed by atoms with Crippen LogP contribution in [0.5, 0.6) is 11.5 Å². The maximum Gasteiger partial charge on any atom is 0.290 e. The predicted octanol–water partition coefficient (Wildman–Crippen LogP) is 3.17. The summed E-state index contributed by atoms with van der Waals surface area (Å²) < 4.78 is 11.3. The van der Waals surface area contributed by atoms with Crippen LogP contribution < -0.4 is 9.47 Å². The summed E-state index contributed by atoms with van der Waals surface area (Å²) in [5.41, 5.74) is 3.40. The summed E-state index contributed by atoms with van der Waals surface area (Å²) in [7, 11) is 1.66. The lowest BCUT2D eigenvalue weighted by Gasteiger charge is -2.17. The lowest BCUT2D eigenvalue weighted by Crippen LogP contribution is -2.27. The molecule has 0 aliphatic carbocycles. The minimum absolute atomic E-state index is 0.217. The summed E-state index contributed by atoms with van der Waals surface area (Å²) >= 11 is 0. The molecule has 0 radical (unpaired) electrons. The average molecular weight is 439 g/mol. The second kappa shape index (κ2) is 11.5. The number of hydrogen-bond donors (Lipinski definition) is 2. The SMILES string of the molecule is COc1cc(C)ccc1OCCN1C[C@@H](Cc2ccnc3ccccc23)[C@@H](O)C1.O=CO. The molecule has 1 aliphatic heterocycles. The van der Waals surface area contributed by atoms with E-state index in [1.54, 1.807) is 7.11 Å². The molecule has 7 heteroatoms. The largest absolute Gasteiger partial charge is 0.493 e. The Morgan fingerprint density at radius 2 is 1.94 bits per heavy atom. The number of fused-ring (bicyclic) bond motifs is 1. The molecule has 1 aromatic heterocycles. The number of methoxy groups -OCH3 is 1. The third-order valence-electron chi connectivity index (χ3n) is 5.69. The molecule has 7 nitrogen and oxygen atoms in total. The Morgan fingerprint density at radius 1 is 1.16 bits per heavy atom. The summed E-state index contributed by atoms with van der Waals surface area (Å²) in [5.74, 6) is 1.74. The Kier molecular flexibility index (Phi) is 8.41. The molecule has 2 heterocycles. The van der Waals surface area contributed by atoms with Gasteiger partial charge in [0.1, 0.15) is 6.61 Å². The lowest BCUT2D eigenvalue weighted by atomic mass is 9.94. The van der Waals surface area contributed by atoms with Crippen molar-refractivity contribution < 1.29 is 24.5 Å². The molecular weight excluding hydrogens is 408 g/mol. The number of hydrogen-bond acceptors (Lipinski definition) is 6. The van der Waals surface area contributed by atoms with Crippen molar-refractivity contribution in [2.24, 2.45) is 5.92 Å². The van der Waals surface area contributed by atoms with Crippen molar-refractivity contribution in [2.45, 2.75) is 19.4 Å². The number of para-hydroxylation sites is 1. The van der Waals surface area contributed by atoms with E-state index >= 15 is 0 Å². The number of nitrogens with zero attached hydrogens (tertiary/aromatic N) is 2. The van der Waals surface area contributed by atoms with E-state index in [9.17, 15) is 5.11 Å². The van der Waals surface area contributed by atoms with E-state index < -0.39 is 0 Å². The number of aromatic nitrogens is 1. The summed E-state index contributed by atoms with van der Waals surface area (Å²) in [6, 6.07) is 16.2. The van der Waals surface area contributed by atoms with Crippen LogP contribution in [0, 0.1) is 12.8 Å². The summed E-state index contributed by atoms with van der Waals surface area (Å²) in [6.07, 6.45) is 2.39. The van der Waals surface area contributed by atoms with E-state index in [-0.39, 0.29) is 18.5 Å². The van der Waals surface area contributed by atoms with Gasteiger partial charge in [-0.25, -0.2) is 0 Å². The van der Waals surface area contributed by atoms with Gasteiger partial charge in [-0.3, -0.25) is 14.7 Å². The van der Waals surface area contributed by atoms with Crippen molar-refractivity contribution in [1.82, 2.24) is 9.88 Å². The monoisotopic (exact) mass is 438 g/mol. The van der Waals surface area contributed by atoms with Crippen LogP contribution in [-0.4, -0.2) is 66.0 Å². The summed E-state index contributed by atoms with van der Waals surface area (Å²) in [4.78, 5) is 15.1. The number of ether oxygens (including phenoxy) is 2. The molecule has 0 amide bonds. The zero-order valence-corrected chi connectivity index (χ0v) is 18.5. The highest BCUT2D eigenvalue weighted by Crippen LogP contribution is 2.28. The average Bonchev–Trinajstić information content (AvgIpc) is 3.14. The second-order valence-electron chi connectivity index (χ2n) is 7.89. The van der Waals surface area contributed by atoms with Gasteiger partial charge in [-0.1, -0.05) is 24.3 Å². The number of pyridine rings is 1.